The number of benzene rings is 1. The molecule has 2 N–H and O–H groups in total. The molecule has 1 atom stereocenters. The van der Waals surface area contributed by atoms with Gasteiger partial charge in [0, 0.05) is 61.6 Å². The van der Waals surface area contributed by atoms with Gasteiger partial charge in [-0.3, -0.25) is 24.4 Å². The minimum absolute atomic E-state index is 0.204. The summed E-state index contributed by atoms with van der Waals surface area (Å²) >= 11 is 0. The van der Waals surface area contributed by atoms with Crippen molar-refractivity contribution in [3.05, 3.63) is 66.1 Å². The summed E-state index contributed by atoms with van der Waals surface area (Å²) in [5.74, 6) is -1.89. The summed E-state index contributed by atoms with van der Waals surface area (Å²) in [5, 5.41) is 20.0. The van der Waals surface area contributed by atoms with Crippen LogP contribution in [0.3, 0.4) is 0 Å². The second-order valence-corrected chi connectivity index (χ2v) is 7.50. The smallest absolute Gasteiger partial charge is 0.325 e. The number of para-hydroxylation sites is 1. The first-order chi connectivity index (χ1) is 14.5. The van der Waals surface area contributed by atoms with E-state index in [1.807, 2.05) is 47.4 Å². The van der Waals surface area contributed by atoms with Crippen LogP contribution in [0.5, 0.6) is 0 Å². The van der Waals surface area contributed by atoms with Gasteiger partial charge in [-0.2, -0.15) is 0 Å². The van der Waals surface area contributed by atoms with Crippen LogP contribution in [0.2, 0.25) is 0 Å². The lowest BCUT2D eigenvalue weighted by Gasteiger charge is -2.37. The number of nitrogens with zero attached hydrogens (tertiary/aromatic N) is 4. The summed E-state index contributed by atoms with van der Waals surface area (Å²) in [7, 11) is 0. The Morgan fingerprint density at radius 3 is 2.40 bits per heavy atom. The fourth-order valence-corrected chi connectivity index (χ4v) is 4.16. The first kappa shape index (κ1) is 20.1. The average molecular weight is 408 g/mol. The highest BCUT2D eigenvalue weighted by Gasteiger charge is 2.32. The lowest BCUT2D eigenvalue weighted by atomic mass is 10.0. The van der Waals surface area contributed by atoms with Crippen LogP contribution in [0, 0.1) is 0 Å². The quantitative estimate of drug-likeness (QED) is 0.617. The monoisotopic (exact) mass is 408 g/mol. The Labute approximate surface area is 174 Å². The predicted molar refractivity (Wildman–Crippen MR) is 111 cm³/mol. The van der Waals surface area contributed by atoms with Crippen LogP contribution in [0.25, 0.3) is 10.9 Å². The van der Waals surface area contributed by atoms with Crippen LogP contribution in [0.15, 0.2) is 54.9 Å². The molecule has 0 amide bonds. The van der Waals surface area contributed by atoms with E-state index in [1.165, 1.54) is 0 Å². The molecule has 1 aromatic carbocycles. The number of carboxylic acids is 2. The van der Waals surface area contributed by atoms with E-state index in [4.69, 9.17) is 0 Å². The minimum atomic E-state index is -0.961. The van der Waals surface area contributed by atoms with Crippen LogP contribution in [0.1, 0.15) is 17.3 Å². The Bertz CT molecular complexity index is 1040. The summed E-state index contributed by atoms with van der Waals surface area (Å²) in [4.78, 5) is 32.1. The summed E-state index contributed by atoms with van der Waals surface area (Å²) in [6, 6.07) is 12.4. The third kappa shape index (κ3) is 4.19. The number of carbonyl (C=O) groups is 2. The van der Waals surface area contributed by atoms with Crippen molar-refractivity contribution in [3.8, 4) is 0 Å². The van der Waals surface area contributed by atoms with Gasteiger partial charge >= 0.3 is 11.9 Å². The van der Waals surface area contributed by atoms with Crippen molar-refractivity contribution in [2.24, 2.45) is 0 Å². The van der Waals surface area contributed by atoms with E-state index in [0.717, 1.165) is 36.2 Å². The van der Waals surface area contributed by atoms with E-state index < -0.39 is 18.0 Å². The lowest BCUT2D eigenvalue weighted by molar-refractivity contribution is -0.144. The minimum Gasteiger partial charge on any atom is -0.480 e. The predicted octanol–water partition coefficient (Wildman–Crippen LogP) is 2.06. The van der Waals surface area contributed by atoms with E-state index >= 15 is 0 Å². The Morgan fingerprint density at radius 2 is 1.73 bits per heavy atom. The molecular formula is C22H24N4O4. The summed E-state index contributed by atoms with van der Waals surface area (Å²) < 4.78 is 1.61. The number of carboxylic acid groups (broad SMARTS) is 2. The number of aliphatic carboxylic acids is 2. The SMILES string of the molecule is O=C(O)Cn1cc([C@H](C(=O)O)N2CCN(Cc3ccccn3)CC2)c2ccccc21. The molecule has 0 aliphatic carbocycles. The molecule has 8 nitrogen and oxygen atoms in total. The van der Waals surface area contributed by atoms with Crippen LogP contribution in [-0.4, -0.2) is 67.7 Å². The van der Waals surface area contributed by atoms with Crippen LogP contribution < -0.4 is 0 Å². The molecule has 1 fully saturated rings. The topological polar surface area (TPSA) is 98.9 Å². The van der Waals surface area contributed by atoms with E-state index in [-0.39, 0.29) is 6.54 Å². The molecular weight excluding hydrogens is 384 g/mol. The van der Waals surface area contributed by atoms with Crippen molar-refractivity contribution in [2.45, 2.75) is 19.1 Å². The van der Waals surface area contributed by atoms with Crippen molar-refractivity contribution >= 4 is 22.8 Å². The molecule has 30 heavy (non-hydrogen) atoms. The third-order valence-electron chi connectivity index (χ3n) is 5.54. The van der Waals surface area contributed by atoms with Crippen molar-refractivity contribution in [1.29, 1.82) is 0 Å². The summed E-state index contributed by atoms with van der Waals surface area (Å²) in [6.07, 6.45) is 3.46. The number of pyridine rings is 1. The highest BCUT2D eigenvalue weighted by Crippen LogP contribution is 2.31. The summed E-state index contributed by atoms with van der Waals surface area (Å²) in [5.41, 5.74) is 2.37. The van der Waals surface area contributed by atoms with Gasteiger partial charge in [0.15, 0.2) is 0 Å². The molecule has 0 spiro atoms. The molecule has 0 saturated carbocycles. The average Bonchev–Trinajstić information content (AvgIpc) is 3.08. The van der Waals surface area contributed by atoms with Gasteiger partial charge in [-0.05, 0) is 18.2 Å². The van der Waals surface area contributed by atoms with Gasteiger partial charge in [-0.1, -0.05) is 24.3 Å². The number of aromatic nitrogens is 2. The highest BCUT2D eigenvalue weighted by molar-refractivity contribution is 5.90. The van der Waals surface area contributed by atoms with Gasteiger partial charge in [0.2, 0.25) is 0 Å². The van der Waals surface area contributed by atoms with E-state index in [2.05, 4.69) is 9.88 Å². The number of fused-ring (bicyclic) bond motifs is 1. The van der Waals surface area contributed by atoms with Crippen molar-refractivity contribution < 1.29 is 19.8 Å². The van der Waals surface area contributed by atoms with Crippen molar-refractivity contribution in [3.63, 3.8) is 0 Å². The highest BCUT2D eigenvalue weighted by atomic mass is 16.4. The van der Waals surface area contributed by atoms with Crippen LogP contribution >= 0.6 is 0 Å². The summed E-state index contributed by atoms with van der Waals surface area (Å²) in [6.45, 7) is 3.25. The normalized spacial score (nSPS) is 16.5. The van der Waals surface area contributed by atoms with Gasteiger partial charge in [0.05, 0.1) is 5.69 Å². The second-order valence-electron chi connectivity index (χ2n) is 7.50. The van der Waals surface area contributed by atoms with E-state index in [9.17, 15) is 19.8 Å². The van der Waals surface area contributed by atoms with Gasteiger partial charge in [0.25, 0.3) is 0 Å². The second kappa shape index (κ2) is 8.64. The molecule has 2 aromatic heterocycles. The lowest BCUT2D eigenvalue weighted by Crippen LogP contribution is -2.48. The molecule has 1 saturated heterocycles. The largest absolute Gasteiger partial charge is 0.480 e. The molecule has 3 aromatic rings. The van der Waals surface area contributed by atoms with Gasteiger partial charge in [0.1, 0.15) is 12.6 Å². The van der Waals surface area contributed by atoms with Crippen molar-refractivity contribution in [2.75, 3.05) is 26.2 Å². The maximum absolute atomic E-state index is 12.3. The molecule has 0 unspecified atom stereocenters. The first-order valence-electron chi connectivity index (χ1n) is 9.91. The first-order valence-corrected chi connectivity index (χ1v) is 9.91. The van der Waals surface area contributed by atoms with Gasteiger partial charge in [-0.25, -0.2) is 0 Å². The molecule has 0 bridgehead atoms. The third-order valence-corrected chi connectivity index (χ3v) is 5.54. The fraction of sp³-hybridized carbons (Fsp3) is 0.318. The number of hydrogen-bond donors (Lipinski definition) is 2. The maximum Gasteiger partial charge on any atom is 0.325 e. The Balaban J connectivity index is 1.55. The molecule has 4 rings (SSSR count). The Hall–Kier alpha value is -3.23. The maximum atomic E-state index is 12.3. The number of piperazine rings is 1. The Morgan fingerprint density at radius 1 is 1.00 bits per heavy atom. The zero-order chi connectivity index (χ0) is 21.1. The van der Waals surface area contributed by atoms with E-state index in [0.29, 0.717) is 18.7 Å². The molecule has 1 aliphatic heterocycles. The zero-order valence-corrected chi connectivity index (χ0v) is 16.5. The van der Waals surface area contributed by atoms with Gasteiger partial charge in [-0.15, -0.1) is 0 Å². The zero-order valence-electron chi connectivity index (χ0n) is 16.5. The molecule has 3 heterocycles. The van der Waals surface area contributed by atoms with Crippen LogP contribution in [-0.2, 0) is 22.7 Å². The number of hydrogen-bond acceptors (Lipinski definition) is 5. The molecule has 1 aliphatic rings. The Kier molecular flexibility index (Phi) is 5.78. The molecule has 8 heteroatoms. The molecule has 0 radical (unpaired) electrons. The van der Waals surface area contributed by atoms with Crippen molar-refractivity contribution in [1.82, 2.24) is 19.4 Å². The van der Waals surface area contributed by atoms with Crippen LogP contribution in [0.4, 0.5) is 0 Å². The standard InChI is InChI=1S/C22H24N4O4/c27-20(28)15-26-14-18(17-6-1-2-7-19(17)26)21(22(29)30)25-11-9-24(10-12-25)13-16-5-3-4-8-23-16/h1-8,14,21H,9-13,15H2,(H,27,28)(H,29,30)/t21-/m1/s1. The molecule has 156 valence electrons. The van der Waals surface area contributed by atoms with Gasteiger partial charge < -0.3 is 14.8 Å². The van der Waals surface area contributed by atoms with E-state index in [1.54, 1.807) is 17.0 Å². The fourth-order valence-electron chi connectivity index (χ4n) is 4.16. The number of rotatable bonds is 7.